The summed E-state index contributed by atoms with van der Waals surface area (Å²) in [6.07, 6.45) is 8.46. The van der Waals surface area contributed by atoms with E-state index < -0.39 is 16.1 Å². The maximum atomic E-state index is 13.7. The van der Waals surface area contributed by atoms with Gasteiger partial charge in [-0.15, -0.1) is 5.10 Å². The van der Waals surface area contributed by atoms with E-state index >= 15 is 0 Å². The van der Waals surface area contributed by atoms with Gasteiger partial charge in [0, 0.05) is 34.3 Å². The van der Waals surface area contributed by atoms with Gasteiger partial charge in [0.15, 0.2) is 5.15 Å². The summed E-state index contributed by atoms with van der Waals surface area (Å²) >= 11 is 12.3. The van der Waals surface area contributed by atoms with E-state index in [-0.39, 0.29) is 33.9 Å². The minimum Gasteiger partial charge on any atom is -0.323 e. The minimum absolute atomic E-state index is 0.202. The fraction of sp³-hybridized carbons (Fsp3) is 0.250. The number of aromatic nitrogens is 8. The SMILES string of the molecule is CC1CCCC(n2cnc(-c3cc(Cl)ccc3-n3cc(Cl)nn3)cc2=O)c2cc(ccn2)-c2nn(S(C)(=O)=O)cc2NC1=O. The zero-order valence-corrected chi connectivity index (χ0v) is 25.8. The number of amides is 1. The Kier molecular flexibility index (Phi) is 7.82. The number of fused-ring (bicyclic) bond motifs is 4. The summed E-state index contributed by atoms with van der Waals surface area (Å²) in [7, 11) is -3.73. The van der Waals surface area contributed by atoms with E-state index in [9.17, 15) is 18.0 Å². The largest absolute Gasteiger partial charge is 0.323 e. The van der Waals surface area contributed by atoms with Crippen molar-refractivity contribution in [2.45, 2.75) is 32.2 Å². The van der Waals surface area contributed by atoms with Gasteiger partial charge in [-0.25, -0.2) is 18.1 Å². The molecule has 0 radical (unpaired) electrons. The number of nitrogens with zero attached hydrogens (tertiary/aromatic N) is 8. The summed E-state index contributed by atoms with van der Waals surface area (Å²) in [6, 6.07) is 9.38. The summed E-state index contributed by atoms with van der Waals surface area (Å²) in [5.41, 5.74) is 2.77. The number of anilines is 1. The lowest BCUT2D eigenvalue weighted by Gasteiger charge is -2.22. The van der Waals surface area contributed by atoms with Gasteiger partial charge in [0.1, 0.15) is 5.69 Å². The lowest BCUT2D eigenvalue weighted by atomic mass is 9.97. The Balaban J connectivity index is 1.45. The second kappa shape index (κ2) is 11.6. The van der Waals surface area contributed by atoms with E-state index in [0.717, 1.165) is 10.3 Å². The molecule has 226 valence electrons. The first kappa shape index (κ1) is 29.7. The number of pyridine rings is 1. The third-order valence-electron chi connectivity index (χ3n) is 7.37. The third-order valence-corrected chi connectivity index (χ3v) is 8.64. The van der Waals surface area contributed by atoms with Crippen LogP contribution in [0.15, 0.2) is 66.1 Å². The van der Waals surface area contributed by atoms with Crippen LogP contribution >= 0.6 is 23.2 Å². The lowest BCUT2D eigenvalue weighted by Crippen LogP contribution is -2.27. The fourth-order valence-electron chi connectivity index (χ4n) is 5.11. The molecule has 1 N–H and O–H groups in total. The molecule has 1 aliphatic rings. The highest BCUT2D eigenvalue weighted by atomic mass is 35.5. The zero-order chi connectivity index (χ0) is 31.2. The van der Waals surface area contributed by atoms with Gasteiger partial charge in [0.25, 0.3) is 15.6 Å². The molecule has 0 saturated heterocycles. The molecule has 0 aliphatic carbocycles. The first-order chi connectivity index (χ1) is 21.0. The number of halogens is 2. The molecule has 5 aromatic rings. The summed E-state index contributed by atoms with van der Waals surface area (Å²) < 4.78 is 28.3. The Morgan fingerprint density at radius 1 is 1.02 bits per heavy atom. The molecule has 13 nitrogen and oxygen atoms in total. The molecular weight excluding hydrogens is 629 g/mol. The maximum Gasteiger partial charge on any atom is 0.254 e. The van der Waals surface area contributed by atoms with Crippen LogP contribution in [0.4, 0.5) is 5.69 Å². The Labute approximate surface area is 261 Å². The number of hydrogen-bond donors (Lipinski definition) is 1. The normalized spacial score (nSPS) is 17.3. The van der Waals surface area contributed by atoms with Crippen molar-refractivity contribution in [2.24, 2.45) is 5.92 Å². The summed E-state index contributed by atoms with van der Waals surface area (Å²) in [5.74, 6) is -0.653. The van der Waals surface area contributed by atoms with Crippen LogP contribution in [-0.4, -0.2) is 59.3 Å². The number of benzene rings is 1. The maximum absolute atomic E-state index is 13.7. The topological polar surface area (TPSA) is 160 Å². The highest BCUT2D eigenvalue weighted by Gasteiger charge is 2.25. The molecule has 1 aliphatic heterocycles. The highest BCUT2D eigenvalue weighted by molar-refractivity contribution is 7.89. The van der Waals surface area contributed by atoms with Gasteiger partial charge in [-0.05, 0) is 43.2 Å². The molecule has 0 fully saturated rings. The monoisotopic (exact) mass is 653 g/mol. The second-order valence-electron chi connectivity index (χ2n) is 10.5. The molecule has 16 heteroatoms. The highest BCUT2D eigenvalue weighted by Crippen LogP contribution is 2.33. The number of rotatable bonds is 4. The summed E-state index contributed by atoms with van der Waals surface area (Å²) in [4.78, 5) is 35.9. The van der Waals surface area contributed by atoms with E-state index in [2.05, 4.69) is 30.7 Å². The van der Waals surface area contributed by atoms with E-state index in [1.54, 1.807) is 43.5 Å². The molecule has 44 heavy (non-hydrogen) atoms. The Bertz CT molecular complexity index is 2070. The lowest BCUT2D eigenvalue weighted by molar-refractivity contribution is -0.119. The average Bonchev–Trinajstić information content (AvgIpc) is 3.61. The first-order valence-electron chi connectivity index (χ1n) is 13.5. The van der Waals surface area contributed by atoms with Gasteiger partial charge in [-0.3, -0.25) is 19.1 Å². The van der Waals surface area contributed by atoms with Crippen molar-refractivity contribution in [3.8, 4) is 28.2 Å². The number of carbonyl (C=O) groups is 1. The Hall–Kier alpha value is -4.40. The minimum atomic E-state index is -3.73. The molecule has 4 aromatic heterocycles. The summed E-state index contributed by atoms with van der Waals surface area (Å²) in [5, 5.41) is 15.6. The molecule has 2 unspecified atom stereocenters. The number of nitrogens with one attached hydrogen (secondary N) is 1. The van der Waals surface area contributed by atoms with Gasteiger partial charge in [0.05, 0.1) is 53.8 Å². The zero-order valence-electron chi connectivity index (χ0n) is 23.4. The van der Waals surface area contributed by atoms with Crippen LogP contribution in [0.25, 0.3) is 28.2 Å². The predicted octanol–water partition coefficient (Wildman–Crippen LogP) is 4.21. The smallest absolute Gasteiger partial charge is 0.254 e. The van der Waals surface area contributed by atoms with E-state index in [1.807, 2.05) is 0 Å². The molecular formula is C28H25Cl2N9O4S. The van der Waals surface area contributed by atoms with Crippen LogP contribution < -0.4 is 10.9 Å². The molecule has 0 spiro atoms. The van der Waals surface area contributed by atoms with E-state index in [1.165, 1.54) is 34.0 Å². The Morgan fingerprint density at radius 3 is 2.57 bits per heavy atom. The summed E-state index contributed by atoms with van der Waals surface area (Å²) in [6.45, 7) is 1.79. The molecule has 2 atom stereocenters. The molecule has 0 saturated carbocycles. The van der Waals surface area contributed by atoms with Gasteiger partial charge in [0.2, 0.25) is 5.91 Å². The van der Waals surface area contributed by atoms with Gasteiger partial charge in [-0.2, -0.15) is 9.19 Å². The van der Waals surface area contributed by atoms with Crippen molar-refractivity contribution in [1.29, 1.82) is 0 Å². The van der Waals surface area contributed by atoms with Crippen LogP contribution in [0.3, 0.4) is 0 Å². The van der Waals surface area contributed by atoms with E-state index in [4.69, 9.17) is 23.2 Å². The van der Waals surface area contributed by atoms with E-state index in [0.29, 0.717) is 52.5 Å². The quantitative estimate of drug-likeness (QED) is 0.300. The van der Waals surface area contributed by atoms with Crippen molar-refractivity contribution >= 4 is 44.8 Å². The van der Waals surface area contributed by atoms with Crippen LogP contribution in [0, 0.1) is 5.92 Å². The third kappa shape index (κ3) is 5.87. The van der Waals surface area contributed by atoms with Gasteiger partial charge < -0.3 is 5.32 Å². The second-order valence-corrected chi connectivity index (χ2v) is 13.2. The van der Waals surface area contributed by atoms with Crippen LogP contribution in [-0.2, 0) is 14.8 Å². The van der Waals surface area contributed by atoms with Crippen LogP contribution in [0.2, 0.25) is 10.2 Å². The standard InChI is InChI=1S/C28H25Cl2N9O4S/c1-16-4-3-5-24(21-10-17(8-9-31-21)27-22(33-28(16)41)13-39(35-27)44(2,42)43)37-15-32-20(12-26(37)40)19-11-18(29)6-7-23(19)38-14-25(30)34-36-38/h6-16,24H,3-5H2,1-2H3,(H,33,41). The average molecular weight is 655 g/mol. The molecule has 1 aromatic carbocycles. The fourth-order valence-corrected chi connectivity index (χ4v) is 5.93. The first-order valence-corrected chi connectivity index (χ1v) is 16.1. The van der Waals surface area contributed by atoms with Gasteiger partial charge in [-0.1, -0.05) is 41.8 Å². The van der Waals surface area contributed by atoms with Crippen LogP contribution in [0.5, 0.6) is 0 Å². The Morgan fingerprint density at radius 2 is 1.84 bits per heavy atom. The number of hydrogen-bond acceptors (Lipinski definition) is 9. The van der Waals surface area contributed by atoms with Crippen molar-refractivity contribution in [1.82, 2.24) is 38.7 Å². The number of carbonyl (C=O) groups excluding carboxylic acids is 1. The molecule has 1 amide bonds. The molecule has 2 bridgehead atoms. The molecule has 5 heterocycles. The van der Waals surface area contributed by atoms with Crippen LogP contribution in [0.1, 0.15) is 37.9 Å². The van der Waals surface area contributed by atoms with Gasteiger partial charge >= 0.3 is 0 Å². The van der Waals surface area contributed by atoms with Crippen molar-refractivity contribution in [2.75, 3.05) is 11.6 Å². The predicted molar refractivity (Wildman–Crippen MR) is 164 cm³/mol. The molecule has 6 rings (SSSR count). The van der Waals surface area contributed by atoms with Crippen molar-refractivity contribution in [3.63, 3.8) is 0 Å². The van der Waals surface area contributed by atoms with Crippen molar-refractivity contribution < 1.29 is 13.2 Å². The van der Waals surface area contributed by atoms with Crippen molar-refractivity contribution in [3.05, 3.63) is 87.5 Å².